The summed E-state index contributed by atoms with van der Waals surface area (Å²) in [6.07, 6.45) is 2.35. The van der Waals surface area contributed by atoms with Crippen molar-refractivity contribution in [2.45, 2.75) is 39.7 Å². The zero-order valence-corrected chi connectivity index (χ0v) is 12.5. The molecule has 1 aromatic carbocycles. The van der Waals surface area contributed by atoms with Gasteiger partial charge in [-0.2, -0.15) is 0 Å². The second-order valence-electron chi connectivity index (χ2n) is 5.20. The van der Waals surface area contributed by atoms with Crippen LogP contribution < -0.4 is 10.2 Å². The maximum atomic E-state index is 3.40. The molecule has 0 bridgehead atoms. The highest BCUT2D eigenvalue weighted by molar-refractivity contribution is 5.54. The largest absolute Gasteiger partial charge is 0.374 e. The van der Waals surface area contributed by atoms with Crippen LogP contribution in [0.15, 0.2) is 24.3 Å². The van der Waals surface area contributed by atoms with E-state index < -0.39 is 0 Å². The lowest BCUT2D eigenvalue weighted by Crippen LogP contribution is -2.26. The van der Waals surface area contributed by atoms with Crippen molar-refractivity contribution >= 4 is 5.69 Å². The molecule has 0 radical (unpaired) electrons. The Labute approximate surface area is 112 Å². The molecule has 0 aliphatic rings. The lowest BCUT2D eigenvalue weighted by atomic mass is 10.0. The van der Waals surface area contributed by atoms with E-state index in [1.54, 1.807) is 0 Å². The molecule has 0 aliphatic carbocycles. The van der Waals surface area contributed by atoms with Gasteiger partial charge in [-0.05, 0) is 31.0 Å². The number of rotatable bonds is 7. The summed E-state index contributed by atoms with van der Waals surface area (Å²) in [5.74, 6) is 0.734. The third kappa shape index (κ3) is 3.74. The zero-order valence-electron chi connectivity index (χ0n) is 12.5. The second-order valence-corrected chi connectivity index (χ2v) is 5.20. The van der Waals surface area contributed by atoms with E-state index >= 15 is 0 Å². The van der Waals surface area contributed by atoms with Crippen LogP contribution in [0.1, 0.15) is 45.2 Å². The average molecular weight is 248 g/mol. The van der Waals surface area contributed by atoms with E-state index in [0.29, 0.717) is 6.04 Å². The van der Waals surface area contributed by atoms with Crippen molar-refractivity contribution in [3.63, 3.8) is 0 Å². The molecular weight excluding hydrogens is 220 g/mol. The van der Waals surface area contributed by atoms with Gasteiger partial charge in [0.05, 0.1) is 0 Å². The van der Waals surface area contributed by atoms with Crippen LogP contribution in [-0.2, 0) is 0 Å². The SMILES string of the molecule is CCC(C)CN(C)c1ccccc1C(CC)NC. The van der Waals surface area contributed by atoms with E-state index in [0.717, 1.165) is 18.9 Å². The quantitative estimate of drug-likeness (QED) is 0.788. The summed E-state index contributed by atoms with van der Waals surface area (Å²) in [5, 5.41) is 3.40. The van der Waals surface area contributed by atoms with E-state index in [2.05, 4.69) is 62.3 Å². The van der Waals surface area contributed by atoms with Gasteiger partial charge in [-0.25, -0.2) is 0 Å². The molecule has 1 aromatic rings. The monoisotopic (exact) mass is 248 g/mol. The van der Waals surface area contributed by atoms with Crippen molar-refractivity contribution < 1.29 is 0 Å². The number of hydrogen-bond donors (Lipinski definition) is 1. The Morgan fingerprint density at radius 2 is 1.83 bits per heavy atom. The van der Waals surface area contributed by atoms with E-state index in [-0.39, 0.29) is 0 Å². The topological polar surface area (TPSA) is 15.3 Å². The molecular formula is C16H28N2. The number of nitrogens with one attached hydrogen (secondary N) is 1. The van der Waals surface area contributed by atoms with Gasteiger partial charge in [-0.15, -0.1) is 0 Å². The molecule has 0 heterocycles. The van der Waals surface area contributed by atoms with E-state index in [9.17, 15) is 0 Å². The highest BCUT2D eigenvalue weighted by atomic mass is 15.1. The van der Waals surface area contributed by atoms with Crippen LogP contribution >= 0.6 is 0 Å². The van der Waals surface area contributed by atoms with Crippen molar-refractivity contribution in [2.24, 2.45) is 5.92 Å². The molecule has 0 amide bonds. The smallest absolute Gasteiger partial charge is 0.0412 e. The molecule has 0 aliphatic heterocycles. The summed E-state index contributed by atoms with van der Waals surface area (Å²) in [6, 6.07) is 9.19. The first-order valence-electron chi connectivity index (χ1n) is 7.11. The van der Waals surface area contributed by atoms with Gasteiger partial charge < -0.3 is 10.2 Å². The molecule has 102 valence electrons. The predicted octanol–water partition coefficient (Wildman–Crippen LogP) is 3.84. The van der Waals surface area contributed by atoms with Gasteiger partial charge in [0, 0.05) is 25.3 Å². The summed E-state index contributed by atoms with van der Waals surface area (Å²) in [6.45, 7) is 7.92. The molecule has 1 rings (SSSR count). The summed E-state index contributed by atoms with van der Waals surface area (Å²) in [7, 11) is 4.24. The van der Waals surface area contributed by atoms with E-state index in [1.165, 1.54) is 17.7 Å². The number of hydrogen-bond acceptors (Lipinski definition) is 2. The molecule has 2 nitrogen and oxygen atoms in total. The maximum Gasteiger partial charge on any atom is 0.0412 e. The Kier molecular flexibility index (Phi) is 6.20. The molecule has 2 unspecified atom stereocenters. The van der Waals surface area contributed by atoms with E-state index in [1.807, 2.05) is 7.05 Å². The number of nitrogens with zero attached hydrogens (tertiary/aromatic N) is 1. The fourth-order valence-electron chi connectivity index (χ4n) is 2.40. The number of benzene rings is 1. The third-order valence-corrected chi connectivity index (χ3v) is 3.76. The first-order valence-corrected chi connectivity index (χ1v) is 7.11. The summed E-state index contributed by atoms with van der Waals surface area (Å²) in [4.78, 5) is 2.39. The molecule has 0 saturated heterocycles. The Bertz CT molecular complexity index is 345. The van der Waals surface area contributed by atoms with Gasteiger partial charge >= 0.3 is 0 Å². The van der Waals surface area contributed by atoms with Gasteiger partial charge in [-0.1, -0.05) is 45.4 Å². The van der Waals surface area contributed by atoms with Crippen LogP contribution in [0.2, 0.25) is 0 Å². The lowest BCUT2D eigenvalue weighted by molar-refractivity contribution is 0.549. The van der Waals surface area contributed by atoms with Gasteiger partial charge in [0.1, 0.15) is 0 Å². The predicted molar refractivity (Wildman–Crippen MR) is 81.3 cm³/mol. The highest BCUT2D eigenvalue weighted by Crippen LogP contribution is 2.27. The molecule has 18 heavy (non-hydrogen) atoms. The lowest BCUT2D eigenvalue weighted by Gasteiger charge is -2.28. The van der Waals surface area contributed by atoms with Gasteiger partial charge in [0.15, 0.2) is 0 Å². The van der Waals surface area contributed by atoms with Gasteiger partial charge in [0.2, 0.25) is 0 Å². The minimum absolute atomic E-state index is 0.445. The number of anilines is 1. The summed E-state index contributed by atoms with van der Waals surface area (Å²) < 4.78 is 0. The third-order valence-electron chi connectivity index (χ3n) is 3.76. The van der Waals surface area contributed by atoms with Gasteiger partial charge in [-0.3, -0.25) is 0 Å². The fourth-order valence-corrected chi connectivity index (χ4v) is 2.40. The van der Waals surface area contributed by atoms with Crippen molar-refractivity contribution in [3.05, 3.63) is 29.8 Å². The van der Waals surface area contributed by atoms with Crippen LogP contribution in [0.25, 0.3) is 0 Å². The Morgan fingerprint density at radius 3 is 2.39 bits per heavy atom. The fraction of sp³-hybridized carbons (Fsp3) is 0.625. The average Bonchev–Trinajstić information content (AvgIpc) is 2.40. The van der Waals surface area contributed by atoms with Crippen LogP contribution in [0.4, 0.5) is 5.69 Å². The maximum absolute atomic E-state index is 3.40. The Morgan fingerprint density at radius 1 is 1.17 bits per heavy atom. The standard InChI is InChI=1S/C16H28N2/c1-6-13(3)12-18(5)16-11-9-8-10-14(16)15(7-2)17-4/h8-11,13,15,17H,6-7,12H2,1-5H3. The van der Waals surface area contributed by atoms with E-state index in [4.69, 9.17) is 0 Å². The first-order chi connectivity index (χ1) is 8.63. The van der Waals surface area contributed by atoms with Crippen LogP contribution in [-0.4, -0.2) is 20.6 Å². The minimum atomic E-state index is 0.445. The minimum Gasteiger partial charge on any atom is -0.374 e. The molecule has 0 fully saturated rings. The van der Waals surface area contributed by atoms with Crippen molar-refractivity contribution in [1.29, 1.82) is 0 Å². The van der Waals surface area contributed by atoms with Crippen LogP contribution in [0.3, 0.4) is 0 Å². The highest BCUT2D eigenvalue weighted by Gasteiger charge is 2.14. The number of para-hydroxylation sites is 1. The Balaban J connectivity index is 2.93. The second kappa shape index (κ2) is 7.42. The molecule has 1 N–H and O–H groups in total. The van der Waals surface area contributed by atoms with Crippen molar-refractivity contribution in [2.75, 3.05) is 25.5 Å². The molecule has 2 atom stereocenters. The molecule has 0 saturated carbocycles. The zero-order chi connectivity index (χ0) is 13.5. The van der Waals surface area contributed by atoms with Crippen LogP contribution in [0.5, 0.6) is 0 Å². The summed E-state index contributed by atoms with van der Waals surface area (Å²) in [5.41, 5.74) is 2.77. The first kappa shape index (κ1) is 15.0. The van der Waals surface area contributed by atoms with Crippen molar-refractivity contribution in [3.8, 4) is 0 Å². The molecule has 0 spiro atoms. The molecule has 2 heteroatoms. The Hall–Kier alpha value is -1.02. The normalized spacial score (nSPS) is 14.3. The van der Waals surface area contributed by atoms with Crippen molar-refractivity contribution in [1.82, 2.24) is 5.32 Å². The van der Waals surface area contributed by atoms with Crippen LogP contribution in [0, 0.1) is 5.92 Å². The summed E-state index contributed by atoms with van der Waals surface area (Å²) >= 11 is 0. The molecule has 0 aromatic heterocycles. The van der Waals surface area contributed by atoms with Gasteiger partial charge in [0.25, 0.3) is 0 Å².